The number of aromatic nitrogens is 2. The first kappa shape index (κ1) is 14.2. The van der Waals surface area contributed by atoms with E-state index in [-0.39, 0.29) is 5.41 Å². The number of hydrogen-bond donors (Lipinski definition) is 0. The van der Waals surface area contributed by atoms with Gasteiger partial charge in [0.25, 0.3) is 0 Å². The highest BCUT2D eigenvalue weighted by Gasteiger charge is 2.20. The second-order valence-electron chi connectivity index (χ2n) is 6.62. The summed E-state index contributed by atoms with van der Waals surface area (Å²) in [5.41, 5.74) is 4.46. The van der Waals surface area contributed by atoms with E-state index in [0.717, 1.165) is 22.1 Å². The summed E-state index contributed by atoms with van der Waals surface area (Å²) < 4.78 is 0. The Labute approximate surface area is 129 Å². The van der Waals surface area contributed by atoms with E-state index in [0.29, 0.717) is 0 Å². The second kappa shape index (κ2) is 4.92. The predicted molar refractivity (Wildman–Crippen MR) is 91.0 cm³/mol. The largest absolute Gasteiger partial charge is 0.249 e. The van der Waals surface area contributed by atoms with Gasteiger partial charge in [-0.05, 0) is 25.3 Å². The Balaban J connectivity index is 2.32. The van der Waals surface area contributed by atoms with Crippen molar-refractivity contribution in [2.45, 2.75) is 40.0 Å². The zero-order chi connectivity index (χ0) is 15.2. The van der Waals surface area contributed by atoms with Crippen LogP contribution in [0.3, 0.4) is 0 Å². The third kappa shape index (κ3) is 2.70. The van der Waals surface area contributed by atoms with Crippen molar-refractivity contribution in [2.24, 2.45) is 0 Å². The lowest BCUT2D eigenvalue weighted by molar-refractivity contribution is 0.576. The van der Waals surface area contributed by atoms with Crippen molar-refractivity contribution < 1.29 is 0 Å². The van der Waals surface area contributed by atoms with Gasteiger partial charge in [0.1, 0.15) is 5.01 Å². The molecule has 21 heavy (non-hydrogen) atoms. The van der Waals surface area contributed by atoms with Crippen molar-refractivity contribution in [3.05, 3.63) is 46.6 Å². The molecule has 0 saturated heterocycles. The molecule has 0 saturated carbocycles. The number of hydrogen-bond acceptors (Lipinski definition) is 3. The van der Waals surface area contributed by atoms with Crippen molar-refractivity contribution in [3.8, 4) is 10.7 Å². The van der Waals surface area contributed by atoms with E-state index in [1.165, 1.54) is 16.3 Å². The first-order valence-electron chi connectivity index (χ1n) is 7.19. The summed E-state index contributed by atoms with van der Waals surface area (Å²) in [5, 5.41) is 5.57. The zero-order valence-electron chi connectivity index (χ0n) is 13.2. The number of thiazole rings is 1. The smallest absolute Gasteiger partial charge is 0.142 e. The van der Waals surface area contributed by atoms with Crippen LogP contribution in [0.25, 0.3) is 21.5 Å². The number of rotatable bonds is 1. The number of nitrogens with zero attached hydrogens (tertiary/aromatic N) is 2. The summed E-state index contributed by atoms with van der Waals surface area (Å²) >= 11 is 1.66. The first-order valence-corrected chi connectivity index (χ1v) is 8.07. The molecule has 3 heteroatoms. The van der Waals surface area contributed by atoms with Gasteiger partial charge in [0.05, 0.1) is 11.4 Å². The fourth-order valence-electron chi connectivity index (χ4n) is 2.53. The second-order valence-corrected chi connectivity index (χ2v) is 7.48. The van der Waals surface area contributed by atoms with Crippen LogP contribution in [0.4, 0.5) is 0 Å². The lowest BCUT2D eigenvalue weighted by atomic mass is 9.87. The van der Waals surface area contributed by atoms with Crippen molar-refractivity contribution >= 4 is 22.1 Å². The summed E-state index contributed by atoms with van der Waals surface area (Å²) in [6, 6.07) is 8.74. The van der Waals surface area contributed by atoms with Crippen LogP contribution in [0.15, 0.2) is 29.6 Å². The normalized spacial score (nSPS) is 12.0. The third-order valence-electron chi connectivity index (χ3n) is 3.54. The van der Waals surface area contributed by atoms with E-state index in [2.05, 4.69) is 62.3 Å². The first-order chi connectivity index (χ1) is 9.84. The highest BCUT2D eigenvalue weighted by Crippen LogP contribution is 2.33. The van der Waals surface area contributed by atoms with Crippen LogP contribution in [-0.2, 0) is 5.41 Å². The number of pyridine rings is 1. The van der Waals surface area contributed by atoms with E-state index in [9.17, 15) is 0 Å². The van der Waals surface area contributed by atoms with Gasteiger partial charge in [-0.2, -0.15) is 0 Å². The van der Waals surface area contributed by atoms with Crippen LogP contribution in [-0.4, -0.2) is 9.97 Å². The van der Waals surface area contributed by atoms with Gasteiger partial charge in [-0.1, -0.05) is 44.5 Å². The molecule has 2 aromatic heterocycles. The van der Waals surface area contributed by atoms with Crippen LogP contribution < -0.4 is 0 Å². The maximum atomic E-state index is 4.93. The monoisotopic (exact) mass is 296 g/mol. The molecule has 3 rings (SSSR count). The minimum Gasteiger partial charge on any atom is -0.249 e. The molecule has 0 fully saturated rings. The number of fused-ring (bicyclic) bond motifs is 1. The molecular formula is C18H20N2S. The highest BCUT2D eigenvalue weighted by molar-refractivity contribution is 7.13. The van der Waals surface area contributed by atoms with Crippen molar-refractivity contribution in [1.82, 2.24) is 9.97 Å². The van der Waals surface area contributed by atoms with Crippen LogP contribution in [0.1, 0.15) is 37.7 Å². The van der Waals surface area contributed by atoms with E-state index >= 15 is 0 Å². The molecular weight excluding hydrogens is 276 g/mol. The summed E-state index contributed by atoms with van der Waals surface area (Å²) in [6.45, 7) is 10.8. The Morgan fingerprint density at radius 1 is 1.00 bits per heavy atom. The molecule has 0 radical (unpaired) electrons. The fraction of sp³-hybridized carbons (Fsp3) is 0.333. The van der Waals surface area contributed by atoms with Crippen LogP contribution in [0, 0.1) is 13.8 Å². The van der Waals surface area contributed by atoms with E-state index in [1.807, 2.05) is 6.92 Å². The van der Waals surface area contributed by atoms with Crippen LogP contribution in [0.5, 0.6) is 0 Å². The van der Waals surface area contributed by atoms with Gasteiger partial charge in [-0.3, -0.25) is 0 Å². The van der Waals surface area contributed by atoms with E-state index in [4.69, 9.17) is 4.98 Å². The summed E-state index contributed by atoms with van der Waals surface area (Å²) in [4.78, 5) is 9.52. The molecule has 3 aromatic rings. The molecule has 0 atom stereocenters. The Bertz CT molecular complexity index is 810. The minimum atomic E-state index is 0.00974. The predicted octanol–water partition coefficient (Wildman–Crippen LogP) is 5.27. The Kier molecular flexibility index (Phi) is 3.33. The molecule has 2 heterocycles. The van der Waals surface area contributed by atoms with E-state index in [1.54, 1.807) is 11.3 Å². The average molecular weight is 296 g/mol. The quantitative estimate of drug-likeness (QED) is 0.611. The fourth-order valence-corrected chi connectivity index (χ4v) is 3.29. The van der Waals surface area contributed by atoms with Crippen molar-refractivity contribution in [2.75, 3.05) is 0 Å². The molecule has 2 nitrogen and oxygen atoms in total. The molecule has 0 aliphatic carbocycles. The third-order valence-corrected chi connectivity index (χ3v) is 4.52. The molecule has 0 amide bonds. The Morgan fingerprint density at radius 3 is 2.38 bits per heavy atom. The molecule has 0 bridgehead atoms. The topological polar surface area (TPSA) is 25.8 Å². The standard InChI is InChI=1S/C18H20N2S/c1-11-6-7-14-13(8-11)9-15(17-19-12(2)10-21-17)20-16(14)18(3,4)5/h6-10H,1-5H3. The Hall–Kier alpha value is -1.74. The van der Waals surface area contributed by atoms with Gasteiger partial charge >= 0.3 is 0 Å². The molecule has 0 aliphatic heterocycles. The lowest BCUT2D eigenvalue weighted by Crippen LogP contribution is -2.14. The molecule has 0 N–H and O–H groups in total. The van der Waals surface area contributed by atoms with Crippen LogP contribution in [0.2, 0.25) is 0 Å². The zero-order valence-corrected chi connectivity index (χ0v) is 14.0. The molecule has 108 valence electrons. The van der Waals surface area contributed by atoms with Gasteiger partial charge in [0.2, 0.25) is 0 Å². The van der Waals surface area contributed by atoms with Crippen LogP contribution >= 0.6 is 11.3 Å². The maximum absolute atomic E-state index is 4.93. The summed E-state index contributed by atoms with van der Waals surface area (Å²) in [5.74, 6) is 0. The van der Waals surface area contributed by atoms with Gasteiger partial charge in [-0.15, -0.1) is 11.3 Å². The summed E-state index contributed by atoms with van der Waals surface area (Å²) in [6.07, 6.45) is 0. The minimum absolute atomic E-state index is 0.00974. The summed E-state index contributed by atoms with van der Waals surface area (Å²) in [7, 11) is 0. The Morgan fingerprint density at radius 2 is 1.76 bits per heavy atom. The van der Waals surface area contributed by atoms with Gasteiger partial charge in [0.15, 0.2) is 0 Å². The average Bonchev–Trinajstić information content (AvgIpc) is 2.82. The maximum Gasteiger partial charge on any atom is 0.142 e. The molecule has 0 aliphatic rings. The lowest BCUT2D eigenvalue weighted by Gasteiger charge is -2.21. The number of benzene rings is 1. The van der Waals surface area contributed by atoms with Crippen molar-refractivity contribution in [3.63, 3.8) is 0 Å². The SMILES string of the molecule is Cc1ccc2c(C(C)(C)C)nc(-c3nc(C)cs3)cc2c1. The van der Waals surface area contributed by atoms with E-state index < -0.39 is 0 Å². The molecule has 0 unspecified atom stereocenters. The molecule has 0 spiro atoms. The number of aryl methyl sites for hydroxylation is 2. The van der Waals surface area contributed by atoms with Gasteiger partial charge in [0, 0.05) is 21.9 Å². The highest BCUT2D eigenvalue weighted by atomic mass is 32.1. The molecule has 1 aromatic carbocycles. The van der Waals surface area contributed by atoms with Gasteiger partial charge in [-0.25, -0.2) is 9.97 Å². The van der Waals surface area contributed by atoms with Crippen molar-refractivity contribution in [1.29, 1.82) is 0 Å². The van der Waals surface area contributed by atoms with Gasteiger partial charge < -0.3 is 0 Å².